The lowest BCUT2D eigenvalue weighted by Gasteiger charge is -2.01. The Hall–Kier alpha value is -1.58. The molecule has 0 radical (unpaired) electrons. The Kier molecular flexibility index (Phi) is 2.43. The smallest absolute Gasteiger partial charge is 0.185 e. The van der Waals surface area contributed by atoms with Gasteiger partial charge in [-0.3, -0.25) is 10.4 Å². The van der Waals surface area contributed by atoms with E-state index in [2.05, 4.69) is 10.3 Å². The van der Waals surface area contributed by atoms with Gasteiger partial charge in [0.15, 0.2) is 5.96 Å². The van der Waals surface area contributed by atoms with E-state index < -0.39 is 0 Å². The summed E-state index contributed by atoms with van der Waals surface area (Å²) >= 11 is 0. The molecule has 0 atom stereocenters. The van der Waals surface area contributed by atoms with Crippen LogP contribution in [-0.2, 0) is 6.54 Å². The van der Waals surface area contributed by atoms with Crippen LogP contribution < -0.4 is 11.1 Å². The molecule has 4 N–H and O–H groups in total. The average molecular weight is 150 g/mol. The fourth-order valence-electron chi connectivity index (χ4n) is 0.698. The zero-order valence-corrected chi connectivity index (χ0v) is 6.04. The maximum absolute atomic E-state index is 6.89. The summed E-state index contributed by atoms with van der Waals surface area (Å²) in [4.78, 5) is 3.86. The Bertz CT molecular complexity index is 231. The van der Waals surface area contributed by atoms with Crippen LogP contribution in [0.3, 0.4) is 0 Å². The highest BCUT2D eigenvalue weighted by molar-refractivity contribution is 5.74. The molecular formula is C7H10N4. The number of rotatable bonds is 2. The van der Waals surface area contributed by atoms with E-state index in [-0.39, 0.29) is 5.96 Å². The van der Waals surface area contributed by atoms with Crippen LogP contribution in [0.4, 0.5) is 0 Å². The van der Waals surface area contributed by atoms with Crippen molar-refractivity contribution in [2.75, 3.05) is 0 Å². The quantitative estimate of drug-likeness (QED) is 0.412. The SMILES string of the molecule is N=C(N)NCc1ccncc1. The highest BCUT2D eigenvalue weighted by Crippen LogP contribution is 1.93. The van der Waals surface area contributed by atoms with Crippen LogP contribution in [0.15, 0.2) is 24.5 Å². The zero-order valence-electron chi connectivity index (χ0n) is 6.04. The van der Waals surface area contributed by atoms with Gasteiger partial charge in [-0.15, -0.1) is 0 Å². The first kappa shape index (κ1) is 7.53. The summed E-state index contributed by atoms with van der Waals surface area (Å²) in [6.07, 6.45) is 3.41. The summed E-state index contributed by atoms with van der Waals surface area (Å²) < 4.78 is 0. The Morgan fingerprint density at radius 2 is 2.18 bits per heavy atom. The lowest BCUT2D eigenvalue weighted by Crippen LogP contribution is -2.29. The second-order valence-electron chi connectivity index (χ2n) is 2.12. The second kappa shape index (κ2) is 3.55. The van der Waals surface area contributed by atoms with Crippen LogP contribution >= 0.6 is 0 Å². The lowest BCUT2D eigenvalue weighted by atomic mass is 10.3. The Balaban J connectivity index is 2.45. The van der Waals surface area contributed by atoms with Gasteiger partial charge in [-0.05, 0) is 17.7 Å². The van der Waals surface area contributed by atoms with E-state index in [1.165, 1.54) is 0 Å². The highest BCUT2D eigenvalue weighted by Gasteiger charge is 1.89. The summed E-state index contributed by atoms with van der Waals surface area (Å²) in [7, 11) is 0. The van der Waals surface area contributed by atoms with E-state index in [0.29, 0.717) is 6.54 Å². The molecular weight excluding hydrogens is 140 g/mol. The van der Waals surface area contributed by atoms with Crippen molar-refractivity contribution in [1.82, 2.24) is 10.3 Å². The third-order valence-electron chi connectivity index (χ3n) is 1.23. The average Bonchev–Trinajstić information content (AvgIpc) is 2.03. The normalized spacial score (nSPS) is 9.09. The van der Waals surface area contributed by atoms with E-state index in [9.17, 15) is 0 Å². The fourth-order valence-corrected chi connectivity index (χ4v) is 0.698. The van der Waals surface area contributed by atoms with Gasteiger partial charge in [-0.25, -0.2) is 0 Å². The summed E-state index contributed by atoms with van der Waals surface area (Å²) in [5.74, 6) is -0.0122. The maximum Gasteiger partial charge on any atom is 0.185 e. The Labute approximate surface area is 65.0 Å². The molecule has 0 amide bonds. The second-order valence-corrected chi connectivity index (χ2v) is 2.12. The van der Waals surface area contributed by atoms with Crippen molar-refractivity contribution in [2.24, 2.45) is 5.73 Å². The van der Waals surface area contributed by atoms with Gasteiger partial charge in [0.05, 0.1) is 0 Å². The molecule has 11 heavy (non-hydrogen) atoms. The summed E-state index contributed by atoms with van der Waals surface area (Å²) in [5.41, 5.74) is 6.16. The minimum atomic E-state index is -0.0122. The largest absolute Gasteiger partial charge is 0.370 e. The number of hydrogen-bond acceptors (Lipinski definition) is 2. The highest BCUT2D eigenvalue weighted by atomic mass is 15.0. The van der Waals surface area contributed by atoms with Gasteiger partial charge in [0.1, 0.15) is 0 Å². The Morgan fingerprint density at radius 3 is 2.73 bits per heavy atom. The van der Waals surface area contributed by atoms with Crippen molar-refractivity contribution in [3.63, 3.8) is 0 Å². The van der Waals surface area contributed by atoms with Crippen molar-refractivity contribution in [2.45, 2.75) is 6.54 Å². The number of nitrogens with one attached hydrogen (secondary N) is 2. The van der Waals surface area contributed by atoms with Crippen LogP contribution in [0.5, 0.6) is 0 Å². The van der Waals surface area contributed by atoms with Gasteiger partial charge in [0, 0.05) is 18.9 Å². The molecule has 0 unspecified atom stereocenters. The van der Waals surface area contributed by atoms with Crippen molar-refractivity contribution in [3.8, 4) is 0 Å². The number of guanidine groups is 1. The van der Waals surface area contributed by atoms with Gasteiger partial charge in [-0.1, -0.05) is 0 Å². The van der Waals surface area contributed by atoms with Crippen LogP contribution in [0.2, 0.25) is 0 Å². The third kappa shape index (κ3) is 2.66. The standard InChI is InChI=1S/C7H10N4/c8-7(9)11-5-6-1-3-10-4-2-6/h1-4H,5H2,(H4,8,9,11). The van der Waals surface area contributed by atoms with E-state index in [4.69, 9.17) is 11.1 Å². The molecule has 0 bridgehead atoms. The van der Waals surface area contributed by atoms with Gasteiger partial charge < -0.3 is 11.1 Å². The van der Waals surface area contributed by atoms with E-state index in [1.54, 1.807) is 12.4 Å². The van der Waals surface area contributed by atoms with Crippen molar-refractivity contribution in [1.29, 1.82) is 5.41 Å². The molecule has 1 aromatic heterocycles. The predicted molar refractivity (Wildman–Crippen MR) is 43.0 cm³/mol. The number of nitrogens with two attached hydrogens (primary N) is 1. The molecule has 0 saturated carbocycles. The predicted octanol–water partition coefficient (Wildman–Crippen LogP) is 0.0647. The van der Waals surface area contributed by atoms with Crippen LogP contribution in [-0.4, -0.2) is 10.9 Å². The molecule has 0 spiro atoms. The fraction of sp³-hybridized carbons (Fsp3) is 0.143. The minimum Gasteiger partial charge on any atom is -0.370 e. The number of aromatic nitrogens is 1. The summed E-state index contributed by atoms with van der Waals surface area (Å²) in [6.45, 7) is 0.581. The molecule has 1 rings (SSSR count). The minimum absolute atomic E-state index is 0.0122. The lowest BCUT2D eigenvalue weighted by molar-refractivity contribution is 0.893. The molecule has 0 aliphatic carbocycles. The van der Waals surface area contributed by atoms with Crippen molar-refractivity contribution in [3.05, 3.63) is 30.1 Å². The van der Waals surface area contributed by atoms with E-state index in [1.807, 2.05) is 12.1 Å². The molecule has 0 aromatic carbocycles. The topological polar surface area (TPSA) is 74.8 Å². The third-order valence-corrected chi connectivity index (χ3v) is 1.23. The first-order chi connectivity index (χ1) is 5.29. The van der Waals surface area contributed by atoms with Gasteiger partial charge in [0.2, 0.25) is 0 Å². The summed E-state index contributed by atoms with van der Waals surface area (Å²) in [5, 5.41) is 9.59. The first-order valence-electron chi connectivity index (χ1n) is 3.26. The molecule has 58 valence electrons. The van der Waals surface area contributed by atoms with Gasteiger partial charge in [-0.2, -0.15) is 0 Å². The monoisotopic (exact) mass is 150 g/mol. The molecule has 4 heteroatoms. The van der Waals surface area contributed by atoms with E-state index >= 15 is 0 Å². The zero-order chi connectivity index (χ0) is 8.10. The molecule has 1 aromatic rings. The van der Waals surface area contributed by atoms with Crippen LogP contribution in [0.1, 0.15) is 5.56 Å². The van der Waals surface area contributed by atoms with Crippen LogP contribution in [0.25, 0.3) is 0 Å². The van der Waals surface area contributed by atoms with E-state index in [0.717, 1.165) is 5.56 Å². The molecule has 0 aliphatic rings. The van der Waals surface area contributed by atoms with Gasteiger partial charge in [0.25, 0.3) is 0 Å². The molecule has 1 heterocycles. The van der Waals surface area contributed by atoms with Crippen LogP contribution in [0, 0.1) is 5.41 Å². The first-order valence-corrected chi connectivity index (χ1v) is 3.26. The number of nitrogens with zero attached hydrogens (tertiary/aromatic N) is 1. The number of pyridine rings is 1. The molecule has 0 aliphatic heterocycles. The van der Waals surface area contributed by atoms with Gasteiger partial charge >= 0.3 is 0 Å². The molecule has 4 nitrogen and oxygen atoms in total. The molecule has 0 saturated heterocycles. The number of hydrogen-bond donors (Lipinski definition) is 3. The van der Waals surface area contributed by atoms with Crippen molar-refractivity contribution >= 4 is 5.96 Å². The summed E-state index contributed by atoms with van der Waals surface area (Å²) in [6, 6.07) is 3.74. The maximum atomic E-state index is 6.89. The van der Waals surface area contributed by atoms with Crippen molar-refractivity contribution < 1.29 is 0 Å². The Morgan fingerprint density at radius 1 is 1.55 bits per heavy atom. The molecule has 0 fully saturated rings.